The number of carbonyl (C=O) groups is 1. The molecule has 0 saturated carbocycles. The summed E-state index contributed by atoms with van der Waals surface area (Å²) in [6.07, 6.45) is 2.72. The Balaban J connectivity index is 2.41. The first-order valence-corrected chi connectivity index (χ1v) is 5.06. The van der Waals surface area contributed by atoms with Crippen LogP contribution in [0.15, 0.2) is 12.4 Å². The van der Waals surface area contributed by atoms with Gasteiger partial charge in [0.05, 0.1) is 29.8 Å². The molecule has 1 amide bonds. The average molecular weight is 227 g/mol. The maximum atomic E-state index is 11.6. The molecule has 2 heterocycles. The van der Waals surface area contributed by atoms with Crippen molar-refractivity contribution in [3.63, 3.8) is 0 Å². The Morgan fingerprint density at radius 2 is 2.33 bits per heavy atom. The zero-order valence-electron chi connectivity index (χ0n) is 8.27. The summed E-state index contributed by atoms with van der Waals surface area (Å²) in [7, 11) is 0. The molecule has 0 bridgehead atoms. The number of anilines is 1. The van der Waals surface area contributed by atoms with Gasteiger partial charge in [-0.05, 0) is 12.5 Å². The molecule has 0 aromatic carbocycles. The molecule has 1 aromatic heterocycles. The van der Waals surface area contributed by atoms with Crippen LogP contribution in [0.2, 0.25) is 5.02 Å². The van der Waals surface area contributed by atoms with Gasteiger partial charge in [-0.1, -0.05) is 11.6 Å². The Bertz CT molecular complexity index is 388. The molecule has 0 spiro atoms. The van der Waals surface area contributed by atoms with E-state index in [1.54, 1.807) is 6.20 Å². The molecule has 80 valence electrons. The maximum absolute atomic E-state index is 11.6. The number of hydrogen-bond donors (Lipinski definition) is 1. The molecule has 5 heteroatoms. The molecule has 15 heavy (non-hydrogen) atoms. The topological polar surface area (TPSA) is 53.4 Å². The summed E-state index contributed by atoms with van der Waals surface area (Å²) >= 11 is 5.98. The Hall–Kier alpha value is -1.13. The van der Waals surface area contributed by atoms with Gasteiger partial charge in [-0.25, -0.2) is 0 Å². The van der Waals surface area contributed by atoms with Gasteiger partial charge in [0.15, 0.2) is 0 Å². The third kappa shape index (κ3) is 1.82. The highest BCUT2D eigenvalue weighted by Crippen LogP contribution is 2.31. The highest BCUT2D eigenvalue weighted by Gasteiger charge is 2.31. The third-order valence-electron chi connectivity index (χ3n) is 2.43. The lowest BCUT2D eigenvalue weighted by atomic mass is 10.2. The number of amides is 1. The summed E-state index contributed by atoms with van der Waals surface area (Å²) in [6, 6.07) is 0. The first kappa shape index (κ1) is 10.4. The van der Waals surface area contributed by atoms with Crippen molar-refractivity contribution in [1.82, 2.24) is 4.98 Å². The normalized spacial score (nSPS) is 21.1. The van der Waals surface area contributed by atoms with Crippen molar-refractivity contribution in [3.05, 3.63) is 23.0 Å². The van der Waals surface area contributed by atoms with Crippen LogP contribution < -0.4 is 4.90 Å². The van der Waals surface area contributed by atoms with Crippen molar-refractivity contribution >= 4 is 23.2 Å². The third-order valence-corrected chi connectivity index (χ3v) is 2.71. The standard InChI is InChI=1S/C10H11ClN2O2/c1-6-3-12-4-8(11)10(6)13-5-7(14)2-9(13)15/h3-4,7,14H,2,5H2,1H3. The number of β-amino-alcohol motifs (C(OH)–C–C–N with tert-alkyl or cyclic N) is 1. The van der Waals surface area contributed by atoms with Crippen molar-refractivity contribution in [2.75, 3.05) is 11.4 Å². The molecule has 1 aromatic rings. The highest BCUT2D eigenvalue weighted by atomic mass is 35.5. The monoisotopic (exact) mass is 226 g/mol. The summed E-state index contributed by atoms with van der Waals surface area (Å²) in [6.45, 7) is 2.15. The maximum Gasteiger partial charge on any atom is 0.229 e. The quantitative estimate of drug-likeness (QED) is 0.782. The molecule has 0 radical (unpaired) electrons. The van der Waals surface area contributed by atoms with Crippen LogP contribution in [0.1, 0.15) is 12.0 Å². The Labute approximate surface area is 92.5 Å². The van der Waals surface area contributed by atoms with Gasteiger partial charge < -0.3 is 10.0 Å². The summed E-state index contributed by atoms with van der Waals surface area (Å²) in [5, 5.41) is 9.83. The fourth-order valence-corrected chi connectivity index (χ4v) is 2.08. The van der Waals surface area contributed by atoms with Crippen LogP contribution in [0.25, 0.3) is 0 Å². The van der Waals surface area contributed by atoms with Crippen LogP contribution in [-0.2, 0) is 4.79 Å². The van der Waals surface area contributed by atoms with Crippen LogP contribution in [0.4, 0.5) is 5.69 Å². The number of halogens is 1. The Morgan fingerprint density at radius 1 is 1.60 bits per heavy atom. The molecule has 1 unspecified atom stereocenters. The highest BCUT2D eigenvalue weighted by molar-refractivity contribution is 6.34. The van der Waals surface area contributed by atoms with Crippen molar-refractivity contribution in [3.8, 4) is 0 Å². The molecule has 4 nitrogen and oxygen atoms in total. The zero-order chi connectivity index (χ0) is 11.0. The van der Waals surface area contributed by atoms with Crippen LogP contribution in [-0.4, -0.2) is 28.6 Å². The predicted molar refractivity (Wildman–Crippen MR) is 57.0 cm³/mol. The van der Waals surface area contributed by atoms with E-state index in [0.717, 1.165) is 5.56 Å². The molecule has 1 N–H and O–H groups in total. The number of nitrogens with zero attached hydrogens (tertiary/aromatic N) is 2. The SMILES string of the molecule is Cc1cncc(Cl)c1N1CC(O)CC1=O. The molecule has 1 atom stereocenters. The minimum atomic E-state index is -0.596. The first-order chi connectivity index (χ1) is 7.09. The van der Waals surface area contributed by atoms with Crippen LogP contribution in [0, 0.1) is 6.92 Å². The van der Waals surface area contributed by atoms with E-state index in [-0.39, 0.29) is 12.3 Å². The van der Waals surface area contributed by atoms with Crippen molar-refractivity contribution in [2.24, 2.45) is 0 Å². The Morgan fingerprint density at radius 3 is 2.87 bits per heavy atom. The minimum absolute atomic E-state index is 0.0984. The molecule has 1 aliphatic rings. The molecular formula is C10H11ClN2O2. The lowest BCUT2D eigenvalue weighted by Gasteiger charge is -2.19. The molecular weight excluding hydrogens is 216 g/mol. The van der Waals surface area contributed by atoms with Gasteiger partial charge in [0.2, 0.25) is 5.91 Å². The zero-order valence-corrected chi connectivity index (χ0v) is 9.03. The molecule has 0 aliphatic carbocycles. The summed E-state index contributed by atoms with van der Waals surface area (Å²) in [5.74, 6) is -0.0984. The van der Waals surface area contributed by atoms with Crippen LogP contribution in [0.3, 0.4) is 0 Å². The number of aliphatic hydroxyl groups is 1. The van der Waals surface area contributed by atoms with E-state index in [2.05, 4.69) is 4.98 Å². The van der Waals surface area contributed by atoms with Gasteiger partial charge in [0.25, 0.3) is 0 Å². The second-order valence-corrected chi connectivity index (χ2v) is 4.06. The van der Waals surface area contributed by atoms with E-state index in [0.29, 0.717) is 17.3 Å². The van der Waals surface area contributed by atoms with Crippen LogP contribution in [0.5, 0.6) is 0 Å². The van der Waals surface area contributed by atoms with E-state index in [1.165, 1.54) is 11.1 Å². The van der Waals surface area contributed by atoms with E-state index >= 15 is 0 Å². The van der Waals surface area contributed by atoms with Gasteiger partial charge in [-0.3, -0.25) is 9.78 Å². The number of hydrogen-bond acceptors (Lipinski definition) is 3. The molecule has 1 fully saturated rings. The minimum Gasteiger partial charge on any atom is -0.391 e. The molecule has 1 aliphatic heterocycles. The predicted octanol–water partition coefficient (Wildman–Crippen LogP) is 1.14. The number of aryl methyl sites for hydroxylation is 1. The Kier molecular flexibility index (Phi) is 2.63. The van der Waals surface area contributed by atoms with Crippen molar-refractivity contribution in [2.45, 2.75) is 19.4 Å². The summed E-state index contributed by atoms with van der Waals surface area (Å²) in [5.41, 5.74) is 1.50. The number of rotatable bonds is 1. The second kappa shape index (κ2) is 3.79. The largest absolute Gasteiger partial charge is 0.391 e. The van der Waals surface area contributed by atoms with E-state index in [4.69, 9.17) is 11.6 Å². The van der Waals surface area contributed by atoms with Gasteiger partial charge in [0, 0.05) is 12.4 Å². The smallest absolute Gasteiger partial charge is 0.229 e. The molecule has 2 rings (SSSR count). The summed E-state index contributed by atoms with van der Waals surface area (Å²) < 4.78 is 0. The average Bonchev–Trinajstić information content (AvgIpc) is 2.45. The number of carbonyl (C=O) groups excluding carboxylic acids is 1. The van der Waals surface area contributed by atoms with Gasteiger partial charge in [-0.15, -0.1) is 0 Å². The lowest BCUT2D eigenvalue weighted by molar-refractivity contribution is -0.117. The number of pyridine rings is 1. The van der Waals surface area contributed by atoms with Gasteiger partial charge >= 0.3 is 0 Å². The second-order valence-electron chi connectivity index (χ2n) is 3.65. The van der Waals surface area contributed by atoms with Crippen LogP contribution >= 0.6 is 11.6 Å². The van der Waals surface area contributed by atoms with E-state index in [1.807, 2.05) is 6.92 Å². The van der Waals surface area contributed by atoms with Crippen molar-refractivity contribution in [1.29, 1.82) is 0 Å². The lowest BCUT2D eigenvalue weighted by Crippen LogP contribution is -2.26. The first-order valence-electron chi connectivity index (χ1n) is 4.68. The number of aromatic nitrogens is 1. The number of aliphatic hydroxyl groups excluding tert-OH is 1. The van der Waals surface area contributed by atoms with Crippen molar-refractivity contribution < 1.29 is 9.90 Å². The van der Waals surface area contributed by atoms with Gasteiger partial charge in [-0.2, -0.15) is 0 Å². The fourth-order valence-electron chi connectivity index (χ4n) is 1.77. The summed E-state index contributed by atoms with van der Waals surface area (Å²) in [4.78, 5) is 17.0. The fraction of sp³-hybridized carbons (Fsp3) is 0.400. The van der Waals surface area contributed by atoms with E-state index < -0.39 is 6.10 Å². The van der Waals surface area contributed by atoms with Gasteiger partial charge in [0.1, 0.15) is 0 Å². The molecule has 1 saturated heterocycles. The van der Waals surface area contributed by atoms with E-state index in [9.17, 15) is 9.90 Å².